The van der Waals surface area contributed by atoms with E-state index in [0.29, 0.717) is 55.4 Å². The molecule has 0 saturated carbocycles. The van der Waals surface area contributed by atoms with Crippen LogP contribution >= 0.6 is 0 Å². The summed E-state index contributed by atoms with van der Waals surface area (Å²) in [6, 6.07) is 24.9. The molecule has 1 aromatic heterocycles. The van der Waals surface area contributed by atoms with Crippen LogP contribution < -0.4 is 15.0 Å². The van der Waals surface area contributed by atoms with Crippen LogP contribution in [0.1, 0.15) is 39.8 Å². The SMILES string of the molecule is CCOc1cccc(-n2cc(C(=O)N3CCN(c4cc(C(=O)N[C@H](CC(=O)O)C(=O)O)c5ccccc5c4)CC3)nc2-c2ccc(C)cc2)c1. The molecule has 1 fully saturated rings. The Bertz CT molecular complexity index is 2070. The predicted octanol–water partition coefficient (Wildman–Crippen LogP) is 5.02. The molecular weight excluding hydrogens is 638 g/mol. The second-order valence-corrected chi connectivity index (χ2v) is 12.1. The molecule has 2 heterocycles. The molecule has 256 valence electrons. The summed E-state index contributed by atoms with van der Waals surface area (Å²) in [7, 11) is 0. The van der Waals surface area contributed by atoms with E-state index in [0.717, 1.165) is 27.9 Å². The first-order valence-electron chi connectivity index (χ1n) is 16.3. The lowest BCUT2D eigenvalue weighted by Crippen LogP contribution is -2.49. The number of rotatable bonds is 11. The van der Waals surface area contributed by atoms with Gasteiger partial charge in [-0.3, -0.25) is 19.0 Å². The number of ether oxygens (including phenoxy) is 1. The summed E-state index contributed by atoms with van der Waals surface area (Å²) in [5, 5.41) is 22.4. The number of amides is 2. The first kappa shape index (κ1) is 33.7. The highest BCUT2D eigenvalue weighted by Crippen LogP contribution is 2.29. The van der Waals surface area contributed by atoms with Crippen LogP contribution in [0.3, 0.4) is 0 Å². The van der Waals surface area contributed by atoms with E-state index in [-0.39, 0.29) is 11.5 Å². The predicted molar refractivity (Wildman–Crippen MR) is 188 cm³/mol. The van der Waals surface area contributed by atoms with E-state index in [9.17, 15) is 24.3 Å². The molecule has 12 nitrogen and oxygen atoms in total. The fraction of sp³-hybridized carbons (Fsp3) is 0.237. The van der Waals surface area contributed by atoms with Gasteiger partial charge in [0.1, 0.15) is 23.3 Å². The number of nitrogens with zero attached hydrogens (tertiary/aromatic N) is 4. The number of hydrogen-bond donors (Lipinski definition) is 3. The summed E-state index contributed by atoms with van der Waals surface area (Å²) in [5.41, 5.74) is 4.07. The van der Waals surface area contributed by atoms with Gasteiger partial charge in [-0.05, 0) is 48.9 Å². The Labute approximate surface area is 288 Å². The number of carboxylic acids is 2. The van der Waals surface area contributed by atoms with Gasteiger partial charge in [-0.15, -0.1) is 0 Å². The molecule has 4 aromatic carbocycles. The summed E-state index contributed by atoms with van der Waals surface area (Å²) in [4.78, 5) is 58.8. The second-order valence-electron chi connectivity index (χ2n) is 12.1. The van der Waals surface area contributed by atoms with Crippen LogP contribution in [0.25, 0.3) is 27.8 Å². The molecule has 12 heteroatoms. The molecule has 1 aliphatic rings. The Kier molecular flexibility index (Phi) is 9.80. The zero-order valence-electron chi connectivity index (χ0n) is 27.7. The van der Waals surface area contributed by atoms with Gasteiger partial charge in [0.2, 0.25) is 0 Å². The zero-order valence-corrected chi connectivity index (χ0v) is 27.7. The van der Waals surface area contributed by atoms with Gasteiger partial charge in [0.25, 0.3) is 11.8 Å². The van der Waals surface area contributed by atoms with Crippen molar-refractivity contribution in [3.63, 3.8) is 0 Å². The van der Waals surface area contributed by atoms with Crippen LogP contribution in [0, 0.1) is 6.92 Å². The average Bonchev–Trinajstić information content (AvgIpc) is 3.56. The van der Waals surface area contributed by atoms with Crippen molar-refractivity contribution in [3.8, 4) is 22.8 Å². The minimum atomic E-state index is -1.58. The third kappa shape index (κ3) is 7.29. The van der Waals surface area contributed by atoms with Crippen LogP contribution in [0.2, 0.25) is 0 Å². The van der Waals surface area contributed by atoms with E-state index in [2.05, 4.69) is 10.2 Å². The molecule has 0 unspecified atom stereocenters. The van der Waals surface area contributed by atoms with Gasteiger partial charge >= 0.3 is 11.9 Å². The number of benzene rings is 4. The summed E-state index contributed by atoms with van der Waals surface area (Å²) >= 11 is 0. The molecule has 2 amide bonds. The molecule has 0 radical (unpaired) electrons. The number of hydrogen-bond acceptors (Lipinski definition) is 7. The summed E-state index contributed by atoms with van der Waals surface area (Å²) in [6.07, 6.45) is 1.01. The Morgan fingerprint density at radius 1 is 0.880 bits per heavy atom. The lowest BCUT2D eigenvalue weighted by molar-refractivity contribution is -0.145. The molecule has 50 heavy (non-hydrogen) atoms. The van der Waals surface area contributed by atoms with Gasteiger partial charge < -0.3 is 30.1 Å². The lowest BCUT2D eigenvalue weighted by atomic mass is 10.0. The number of carbonyl (C=O) groups is 4. The smallest absolute Gasteiger partial charge is 0.326 e. The summed E-state index contributed by atoms with van der Waals surface area (Å²) < 4.78 is 7.64. The molecule has 1 atom stereocenters. The monoisotopic (exact) mass is 675 g/mol. The molecule has 5 aromatic rings. The number of carbonyl (C=O) groups excluding carboxylic acids is 2. The van der Waals surface area contributed by atoms with Crippen molar-refractivity contribution >= 4 is 40.2 Å². The Hall–Kier alpha value is -6.17. The number of piperazine rings is 1. The van der Waals surface area contributed by atoms with Gasteiger partial charge in [0.15, 0.2) is 0 Å². The maximum absolute atomic E-state index is 13.9. The molecule has 1 saturated heterocycles. The minimum Gasteiger partial charge on any atom is -0.494 e. The number of nitrogens with one attached hydrogen (secondary N) is 1. The summed E-state index contributed by atoms with van der Waals surface area (Å²) in [6.45, 7) is 6.22. The van der Waals surface area contributed by atoms with Gasteiger partial charge in [-0.1, -0.05) is 60.2 Å². The molecule has 0 bridgehead atoms. The number of anilines is 1. The molecule has 3 N–H and O–H groups in total. The normalized spacial score (nSPS) is 13.6. The Balaban J connectivity index is 1.24. The molecule has 0 aliphatic carbocycles. The van der Waals surface area contributed by atoms with Crippen molar-refractivity contribution < 1.29 is 34.1 Å². The van der Waals surface area contributed by atoms with Crippen molar-refractivity contribution in [3.05, 3.63) is 108 Å². The van der Waals surface area contributed by atoms with E-state index >= 15 is 0 Å². The quantitative estimate of drug-likeness (QED) is 0.175. The van der Waals surface area contributed by atoms with E-state index in [1.54, 1.807) is 29.3 Å². The van der Waals surface area contributed by atoms with E-state index in [1.807, 2.05) is 85.1 Å². The van der Waals surface area contributed by atoms with Crippen molar-refractivity contribution in [2.24, 2.45) is 0 Å². The first-order chi connectivity index (χ1) is 24.1. The van der Waals surface area contributed by atoms with Crippen molar-refractivity contribution in [1.82, 2.24) is 19.8 Å². The van der Waals surface area contributed by atoms with E-state index < -0.39 is 30.3 Å². The van der Waals surface area contributed by atoms with Gasteiger partial charge in [0.05, 0.1) is 18.7 Å². The van der Waals surface area contributed by atoms with Crippen LogP contribution in [0.15, 0.2) is 91.1 Å². The summed E-state index contributed by atoms with van der Waals surface area (Å²) in [5.74, 6) is -2.30. The molecule has 1 aliphatic heterocycles. The van der Waals surface area contributed by atoms with Crippen molar-refractivity contribution in [2.45, 2.75) is 26.3 Å². The standard InChI is InChI=1S/C38H37N5O7/c1-3-50-29-9-6-8-27(20-29)43-23-33(39-35(43)25-13-11-24(2)12-14-25)37(47)42-17-15-41(16-18-42)28-19-26-7-4-5-10-30(26)31(21-28)36(46)40-32(38(48)49)22-34(44)45/h4-14,19-21,23,32H,3,15-18,22H2,1-2H3,(H,40,46)(H,44,45)(H,48,49)/t32-/m1/s1. The largest absolute Gasteiger partial charge is 0.494 e. The van der Waals surface area contributed by atoms with E-state index in [4.69, 9.17) is 14.8 Å². The highest BCUT2D eigenvalue weighted by molar-refractivity contribution is 6.09. The van der Waals surface area contributed by atoms with Crippen LogP contribution in [-0.2, 0) is 9.59 Å². The number of fused-ring (bicyclic) bond motifs is 1. The lowest BCUT2D eigenvalue weighted by Gasteiger charge is -2.36. The second kappa shape index (κ2) is 14.5. The van der Waals surface area contributed by atoms with Crippen LogP contribution in [0.5, 0.6) is 5.75 Å². The van der Waals surface area contributed by atoms with Gasteiger partial charge in [-0.2, -0.15) is 0 Å². The number of aromatic nitrogens is 2. The number of imidazole rings is 1. The maximum atomic E-state index is 13.9. The van der Waals surface area contributed by atoms with Crippen molar-refractivity contribution in [1.29, 1.82) is 0 Å². The van der Waals surface area contributed by atoms with Gasteiger partial charge in [0, 0.05) is 55.3 Å². The average molecular weight is 676 g/mol. The zero-order chi connectivity index (χ0) is 35.4. The van der Waals surface area contributed by atoms with Gasteiger partial charge in [-0.25, -0.2) is 9.78 Å². The van der Waals surface area contributed by atoms with Crippen LogP contribution in [-0.4, -0.2) is 87.2 Å². The Morgan fingerprint density at radius 3 is 2.32 bits per heavy atom. The highest BCUT2D eigenvalue weighted by atomic mass is 16.5. The third-order valence-electron chi connectivity index (χ3n) is 8.65. The highest BCUT2D eigenvalue weighted by Gasteiger charge is 2.28. The number of aryl methyl sites for hydroxylation is 1. The molecule has 6 rings (SSSR count). The number of aliphatic carboxylic acids is 2. The fourth-order valence-corrected chi connectivity index (χ4v) is 6.08. The molecular formula is C38H37N5O7. The maximum Gasteiger partial charge on any atom is 0.326 e. The van der Waals surface area contributed by atoms with Crippen molar-refractivity contribution in [2.75, 3.05) is 37.7 Å². The Morgan fingerprint density at radius 2 is 1.62 bits per heavy atom. The fourth-order valence-electron chi connectivity index (χ4n) is 6.08. The first-order valence-corrected chi connectivity index (χ1v) is 16.3. The molecule has 0 spiro atoms. The third-order valence-corrected chi connectivity index (χ3v) is 8.65. The van der Waals surface area contributed by atoms with E-state index in [1.165, 1.54) is 0 Å². The topological polar surface area (TPSA) is 154 Å². The minimum absolute atomic E-state index is 0.200. The number of carboxylic acid groups (broad SMARTS) is 2. The van der Waals surface area contributed by atoms with Crippen LogP contribution in [0.4, 0.5) is 5.69 Å².